The molecule has 0 bridgehead atoms. The number of nitrogens with two attached hydrogens (primary N) is 1. The van der Waals surface area contributed by atoms with Crippen molar-refractivity contribution < 1.29 is 14.1 Å². The van der Waals surface area contributed by atoms with Gasteiger partial charge in [0.2, 0.25) is 0 Å². The summed E-state index contributed by atoms with van der Waals surface area (Å²) in [6, 6.07) is 5.00. The molecule has 0 aliphatic heterocycles. The fraction of sp³-hybridized carbons (Fsp3) is 0.333. The zero-order valence-electron chi connectivity index (χ0n) is 10.5. The minimum absolute atomic E-state index is 0.110. The Labute approximate surface area is 104 Å². The van der Waals surface area contributed by atoms with Crippen molar-refractivity contribution in [3.05, 3.63) is 18.2 Å². The summed E-state index contributed by atoms with van der Waals surface area (Å²) in [5.41, 5.74) is 6.34. The average Bonchev–Trinajstić information content (AvgIpc) is 2.58. The minimum atomic E-state index is -0.583. The van der Waals surface area contributed by atoms with Gasteiger partial charge in [-0.05, 0) is 44.1 Å². The summed E-state index contributed by atoms with van der Waals surface area (Å²) in [7, 11) is 0. The zero-order valence-corrected chi connectivity index (χ0v) is 10.5. The molecule has 0 atom stereocenters. The van der Waals surface area contributed by atoms with Gasteiger partial charge in [-0.15, -0.1) is 0 Å². The Morgan fingerprint density at radius 2 is 2.17 bits per heavy atom. The molecule has 1 heterocycles. The molecule has 0 aliphatic rings. The number of nitrogen functional groups attached to an aromatic ring is 1. The third-order valence-electron chi connectivity index (χ3n) is 2.13. The van der Waals surface area contributed by atoms with Crippen molar-refractivity contribution in [1.82, 2.24) is 10.5 Å². The maximum Gasteiger partial charge on any atom is 0.414 e. The third-order valence-corrected chi connectivity index (χ3v) is 2.13. The number of nitrogens with one attached hydrogen (secondary N) is 1. The van der Waals surface area contributed by atoms with Crippen LogP contribution in [0.25, 0.3) is 11.0 Å². The molecule has 3 N–H and O–H groups in total. The molecule has 2 rings (SSSR count). The fourth-order valence-corrected chi connectivity index (χ4v) is 1.43. The van der Waals surface area contributed by atoms with Gasteiger partial charge in [0.05, 0.1) is 5.39 Å². The van der Waals surface area contributed by atoms with Crippen LogP contribution in [0, 0.1) is 0 Å². The second-order valence-corrected chi connectivity index (χ2v) is 5.01. The average molecular weight is 249 g/mol. The third kappa shape index (κ3) is 2.71. The van der Waals surface area contributed by atoms with E-state index in [1.807, 2.05) is 20.8 Å². The lowest BCUT2D eigenvalue weighted by atomic mass is 10.1. The molecule has 0 saturated heterocycles. The lowest BCUT2D eigenvalue weighted by Crippen LogP contribution is -2.42. The molecule has 0 spiro atoms. The Kier molecular flexibility index (Phi) is 2.86. The van der Waals surface area contributed by atoms with Crippen LogP contribution in [0.15, 0.2) is 22.7 Å². The summed E-state index contributed by atoms with van der Waals surface area (Å²) in [5.74, 6) is 0.110. The first-order valence-electron chi connectivity index (χ1n) is 5.50. The monoisotopic (exact) mass is 249 g/mol. The van der Waals surface area contributed by atoms with Crippen molar-refractivity contribution in [2.75, 3.05) is 5.73 Å². The predicted octanol–water partition coefficient (Wildman–Crippen LogP) is 2.30. The van der Waals surface area contributed by atoms with Gasteiger partial charge in [0.15, 0.2) is 5.58 Å². The van der Waals surface area contributed by atoms with E-state index in [-0.39, 0.29) is 11.4 Å². The van der Waals surface area contributed by atoms with Crippen molar-refractivity contribution in [3.63, 3.8) is 0 Å². The number of nitrogens with zero attached hydrogens (tertiary/aromatic N) is 1. The van der Waals surface area contributed by atoms with Gasteiger partial charge in [0, 0.05) is 11.2 Å². The van der Waals surface area contributed by atoms with E-state index in [1.165, 1.54) is 0 Å². The number of carbonyl (C=O) groups is 1. The number of hydrogen-bond donors (Lipinski definition) is 2. The van der Waals surface area contributed by atoms with Crippen LogP contribution in [0.2, 0.25) is 0 Å². The van der Waals surface area contributed by atoms with Crippen LogP contribution in [0.3, 0.4) is 0 Å². The van der Waals surface area contributed by atoms with E-state index >= 15 is 0 Å². The topological polar surface area (TPSA) is 90.4 Å². The van der Waals surface area contributed by atoms with Crippen molar-refractivity contribution in [2.24, 2.45) is 0 Å². The van der Waals surface area contributed by atoms with Crippen LogP contribution in [-0.2, 0) is 0 Å². The van der Waals surface area contributed by atoms with Crippen LogP contribution in [0.5, 0.6) is 5.88 Å². The smallest absolute Gasteiger partial charge is 0.399 e. The van der Waals surface area contributed by atoms with Crippen LogP contribution in [0.1, 0.15) is 20.8 Å². The maximum absolute atomic E-state index is 11.6. The lowest BCUT2D eigenvalue weighted by Gasteiger charge is -2.19. The summed E-state index contributed by atoms with van der Waals surface area (Å²) >= 11 is 0. The van der Waals surface area contributed by atoms with Gasteiger partial charge in [-0.1, -0.05) is 0 Å². The van der Waals surface area contributed by atoms with E-state index in [4.69, 9.17) is 15.0 Å². The molecule has 0 aliphatic carbocycles. The van der Waals surface area contributed by atoms with E-state index in [2.05, 4.69) is 10.5 Å². The molecule has 0 radical (unpaired) electrons. The van der Waals surface area contributed by atoms with E-state index < -0.39 is 6.09 Å². The molecule has 1 aromatic heterocycles. The van der Waals surface area contributed by atoms with Crippen molar-refractivity contribution >= 4 is 22.7 Å². The van der Waals surface area contributed by atoms with Gasteiger partial charge in [0.25, 0.3) is 5.88 Å². The van der Waals surface area contributed by atoms with Crippen LogP contribution in [0.4, 0.5) is 10.5 Å². The molecule has 6 heteroatoms. The van der Waals surface area contributed by atoms with Gasteiger partial charge < -0.3 is 20.3 Å². The molecule has 1 aromatic carbocycles. The summed E-state index contributed by atoms with van der Waals surface area (Å²) < 4.78 is 10.1. The van der Waals surface area contributed by atoms with Gasteiger partial charge >= 0.3 is 6.09 Å². The first kappa shape index (κ1) is 12.2. The van der Waals surface area contributed by atoms with Crippen LogP contribution < -0.4 is 15.8 Å². The zero-order chi connectivity index (χ0) is 13.3. The fourth-order valence-electron chi connectivity index (χ4n) is 1.43. The largest absolute Gasteiger partial charge is 0.414 e. The van der Waals surface area contributed by atoms with Crippen LogP contribution >= 0.6 is 0 Å². The normalized spacial score (nSPS) is 11.5. The van der Waals surface area contributed by atoms with E-state index in [9.17, 15) is 4.79 Å². The number of amides is 1. The molecule has 0 saturated carbocycles. The number of anilines is 1. The highest BCUT2D eigenvalue weighted by atomic mass is 16.6. The molecule has 2 aromatic rings. The molecule has 1 amide bonds. The maximum atomic E-state index is 11.6. The number of rotatable bonds is 1. The predicted molar refractivity (Wildman–Crippen MR) is 67.3 cm³/mol. The first-order chi connectivity index (χ1) is 8.35. The van der Waals surface area contributed by atoms with E-state index in [0.29, 0.717) is 16.7 Å². The van der Waals surface area contributed by atoms with Crippen molar-refractivity contribution in [3.8, 4) is 5.88 Å². The van der Waals surface area contributed by atoms with Gasteiger partial charge in [0.1, 0.15) is 0 Å². The summed E-state index contributed by atoms with van der Waals surface area (Å²) in [5, 5.41) is 6.92. The molecule has 6 nitrogen and oxygen atoms in total. The van der Waals surface area contributed by atoms with Gasteiger partial charge in [-0.2, -0.15) is 0 Å². The number of ether oxygens (including phenoxy) is 1. The molecular weight excluding hydrogens is 234 g/mol. The van der Waals surface area contributed by atoms with E-state index in [1.54, 1.807) is 18.2 Å². The number of carbonyl (C=O) groups excluding carboxylic acids is 1. The Balaban J connectivity index is 2.22. The molecule has 96 valence electrons. The first-order valence-corrected chi connectivity index (χ1v) is 5.50. The van der Waals surface area contributed by atoms with Crippen molar-refractivity contribution in [1.29, 1.82) is 0 Å². The SMILES string of the molecule is CC(C)(C)NC(=O)Oc1noc2ccc(N)cc12. The summed E-state index contributed by atoms with van der Waals surface area (Å²) in [6.07, 6.45) is -0.583. The molecule has 18 heavy (non-hydrogen) atoms. The Morgan fingerprint density at radius 1 is 1.44 bits per heavy atom. The highest BCUT2D eigenvalue weighted by molar-refractivity contribution is 5.87. The Morgan fingerprint density at radius 3 is 2.83 bits per heavy atom. The number of benzene rings is 1. The quantitative estimate of drug-likeness (QED) is 0.757. The van der Waals surface area contributed by atoms with Gasteiger partial charge in [-0.25, -0.2) is 4.79 Å². The summed E-state index contributed by atoms with van der Waals surface area (Å²) in [4.78, 5) is 11.6. The standard InChI is InChI=1S/C12H15N3O3/c1-12(2,3)14-11(16)17-10-8-6-7(13)4-5-9(8)18-15-10/h4-6H,13H2,1-3H3,(H,14,16). The van der Waals surface area contributed by atoms with Crippen molar-refractivity contribution in [2.45, 2.75) is 26.3 Å². The van der Waals surface area contributed by atoms with E-state index in [0.717, 1.165) is 0 Å². The highest BCUT2D eigenvalue weighted by Crippen LogP contribution is 2.26. The number of fused-ring (bicyclic) bond motifs is 1. The second-order valence-electron chi connectivity index (χ2n) is 5.01. The molecular formula is C12H15N3O3. The number of hydrogen-bond acceptors (Lipinski definition) is 5. The Bertz CT molecular complexity index is 584. The van der Waals surface area contributed by atoms with Crippen LogP contribution in [-0.4, -0.2) is 16.8 Å². The number of aromatic nitrogens is 1. The molecule has 0 fully saturated rings. The van der Waals surface area contributed by atoms with Gasteiger partial charge in [-0.3, -0.25) is 0 Å². The second kappa shape index (κ2) is 4.21. The Hall–Kier alpha value is -2.24. The summed E-state index contributed by atoms with van der Waals surface area (Å²) in [6.45, 7) is 5.56. The molecule has 0 unspecified atom stereocenters. The lowest BCUT2D eigenvalue weighted by molar-refractivity contribution is 0.187. The minimum Gasteiger partial charge on any atom is -0.399 e. The highest BCUT2D eigenvalue weighted by Gasteiger charge is 2.18.